The number of carbonyl (C=O) groups excluding carboxylic acids is 1. The van der Waals surface area contributed by atoms with Gasteiger partial charge in [0.05, 0.1) is 12.8 Å². The van der Waals surface area contributed by atoms with Crippen molar-refractivity contribution >= 4 is 17.8 Å². The Hall–Kier alpha value is -2.57. The van der Waals surface area contributed by atoms with Gasteiger partial charge in [-0.3, -0.25) is 0 Å². The molecule has 0 saturated heterocycles. The van der Waals surface area contributed by atoms with Crippen LogP contribution in [0.5, 0.6) is 5.75 Å². The molecule has 0 aliphatic rings. The summed E-state index contributed by atoms with van der Waals surface area (Å²) in [4.78, 5) is 21.2. The number of amides is 1. The van der Waals surface area contributed by atoms with Crippen LogP contribution in [0.4, 0.5) is 4.79 Å². The summed E-state index contributed by atoms with van der Waals surface area (Å²) in [5, 5.41) is 12.3. The molecule has 102 valence electrons. The Balaban J connectivity index is 2.64. The maximum atomic E-state index is 10.8. The first-order valence-corrected chi connectivity index (χ1v) is 5.36. The van der Waals surface area contributed by atoms with Crippen LogP contribution in [0, 0.1) is 0 Å². The van der Waals surface area contributed by atoms with Gasteiger partial charge in [0.15, 0.2) is 6.61 Å². The highest BCUT2D eigenvalue weighted by Crippen LogP contribution is 2.12. The molecule has 1 amide bonds. The van der Waals surface area contributed by atoms with Gasteiger partial charge in [0.25, 0.3) is 0 Å². The quantitative estimate of drug-likeness (QED) is 0.617. The van der Waals surface area contributed by atoms with Crippen molar-refractivity contribution in [2.45, 2.75) is 6.92 Å². The van der Waals surface area contributed by atoms with Crippen LogP contribution in [0.2, 0.25) is 0 Å². The van der Waals surface area contributed by atoms with Crippen LogP contribution in [0.3, 0.4) is 0 Å². The van der Waals surface area contributed by atoms with Gasteiger partial charge in [0, 0.05) is 0 Å². The Labute approximate surface area is 109 Å². The van der Waals surface area contributed by atoms with Crippen LogP contribution in [0.1, 0.15) is 12.5 Å². The zero-order valence-corrected chi connectivity index (χ0v) is 10.5. The van der Waals surface area contributed by atoms with E-state index >= 15 is 0 Å². The Morgan fingerprint density at radius 3 is 2.47 bits per heavy atom. The first-order chi connectivity index (χ1) is 9.02. The molecule has 0 aromatic heterocycles. The highest BCUT2D eigenvalue weighted by atomic mass is 16.5. The summed E-state index contributed by atoms with van der Waals surface area (Å²) in [6.45, 7) is 1.32. The fraction of sp³-hybridized carbons (Fsp3) is 0.250. The minimum atomic E-state index is -1.04. The van der Waals surface area contributed by atoms with Gasteiger partial charge in [0.1, 0.15) is 5.75 Å². The van der Waals surface area contributed by atoms with Crippen LogP contribution in [0.25, 0.3) is 0 Å². The van der Waals surface area contributed by atoms with E-state index in [1.807, 2.05) is 0 Å². The van der Waals surface area contributed by atoms with E-state index in [4.69, 9.17) is 9.84 Å². The average molecular weight is 266 g/mol. The number of carboxylic acids is 1. The number of hydrogen-bond donors (Lipinski definition) is 2. The lowest BCUT2D eigenvalue weighted by atomic mass is 10.1. The van der Waals surface area contributed by atoms with Crippen LogP contribution >= 0.6 is 0 Å². The second-order valence-electron chi connectivity index (χ2n) is 3.51. The summed E-state index contributed by atoms with van der Waals surface area (Å²) >= 11 is 0. The van der Waals surface area contributed by atoms with Crippen molar-refractivity contribution in [2.24, 2.45) is 5.10 Å². The summed E-state index contributed by atoms with van der Waals surface area (Å²) in [6.07, 6.45) is -0.652. The van der Waals surface area contributed by atoms with Gasteiger partial charge in [-0.05, 0) is 36.8 Å². The van der Waals surface area contributed by atoms with Gasteiger partial charge in [0.2, 0.25) is 0 Å². The minimum absolute atomic E-state index is 0.393. The molecule has 0 aliphatic heterocycles. The number of carbonyl (C=O) groups is 2. The van der Waals surface area contributed by atoms with Crippen molar-refractivity contribution < 1.29 is 24.2 Å². The lowest BCUT2D eigenvalue weighted by Gasteiger charge is -2.05. The maximum Gasteiger partial charge on any atom is 0.427 e. The van der Waals surface area contributed by atoms with E-state index in [-0.39, 0.29) is 0 Å². The smallest absolute Gasteiger partial charge is 0.427 e. The highest BCUT2D eigenvalue weighted by Gasteiger charge is 2.02. The van der Waals surface area contributed by atoms with Gasteiger partial charge in [-0.2, -0.15) is 5.10 Å². The summed E-state index contributed by atoms with van der Waals surface area (Å²) in [5.41, 5.74) is 3.55. The molecule has 19 heavy (non-hydrogen) atoms. The Morgan fingerprint density at radius 2 is 1.95 bits per heavy atom. The highest BCUT2D eigenvalue weighted by molar-refractivity contribution is 5.99. The zero-order chi connectivity index (χ0) is 14.3. The molecule has 0 atom stereocenters. The molecule has 0 heterocycles. The molecule has 0 bridgehead atoms. The third kappa shape index (κ3) is 5.07. The van der Waals surface area contributed by atoms with Crippen molar-refractivity contribution in [3.05, 3.63) is 29.8 Å². The van der Waals surface area contributed by atoms with Gasteiger partial charge in [-0.15, -0.1) is 0 Å². The van der Waals surface area contributed by atoms with E-state index in [9.17, 15) is 9.59 Å². The largest absolute Gasteiger partial charge is 0.482 e. The van der Waals surface area contributed by atoms with E-state index < -0.39 is 18.7 Å². The second-order valence-corrected chi connectivity index (χ2v) is 3.51. The fourth-order valence-corrected chi connectivity index (χ4v) is 1.18. The van der Waals surface area contributed by atoms with E-state index in [0.29, 0.717) is 11.5 Å². The van der Waals surface area contributed by atoms with Crippen molar-refractivity contribution in [3.63, 3.8) is 0 Å². The number of carboxylic acid groups (broad SMARTS) is 1. The summed E-state index contributed by atoms with van der Waals surface area (Å²) in [5.74, 6) is -0.594. The molecule has 0 radical (unpaired) electrons. The predicted molar refractivity (Wildman–Crippen MR) is 67.3 cm³/mol. The first-order valence-electron chi connectivity index (χ1n) is 5.36. The number of aliphatic carboxylic acids is 1. The summed E-state index contributed by atoms with van der Waals surface area (Å²) < 4.78 is 9.37. The molecule has 1 aromatic carbocycles. The van der Waals surface area contributed by atoms with Gasteiger partial charge in [-0.25, -0.2) is 15.0 Å². The number of methoxy groups -OCH3 is 1. The fourth-order valence-electron chi connectivity index (χ4n) is 1.18. The lowest BCUT2D eigenvalue weighted by molar-refractivity contribution is -0.139. The number of hydrogen-bond acceptors (Lipinski definition) is 5. The molecule has 1 rings (SSSR count). The Kier molecular flexibility index (Phi) is 5.34. The molecular weight excluding hydrogens is 252 g/mol. The van der Waals surface area contributed by atoms with E-state index in [1.54, 1.807) is 31.2 Å². The predicted octanol–water partition coefficient (Wildman–Crippen LogP) is 1.23. The van der Waals surface area contributed by atoms with Crippen molar-refractivity contribution in [1.82, 2.24) is 5.43 Å². The molecule has 7 heteroatoms. The molecule has 0 fully saturated rings. The second kappa shape index (κ2) is 7.00. The maximum absolute atomic E-state index is 10.8. The Morgan fingerprint density at radius 1 is 1.32 bits per heavy atom. The zero-order valence-electron chi connectivity index (χ0n) is 10.5. The Bertz CT molecular complexity index is 481. The molecule has 7 nitrogen and oxygen atoms in total. The molecule has 0 unspecified atom stereocenters. The molecule has 0 spiro atoms. The first kappa shape index (κ1) is 14.5. The molecule has 2 N–H and O–H groups in total. The van der Waals surface area contributed by atoms with Crippen LogP contribution in [0.15, 0.2) is 29.4 Å². The molecule has 0 aliphatic carbocycles. The van der Waals surface area contributed by atoms with E-state index in [0.717, 1.165) is 5.56 Å². The number of nitrogens with one attached hydrogen (secondary N) is 1. The minimum Gasteiger partial charge on any atom is -0.482 e. The van der Waals surface area contributed by atoms with Crippen molar-refractivity contribution in [1.29, 1.82) is 0 Å². The van der Waals surface area contributed by atoms with Crippen LogP contribution in [-0.4, -0.2) is 36.6 Å². The van der Waals surface area contributed by atoms with E-state index in [1.165, 1.54) is 7.11 Å². The number of rotatable bonds is 5. The van der Waals surface area contributed by atoms with Gasteiger partial charge in [-0.1, -0.05) is 0 Å². The summed E-state index contributed by atoms with van der Waals surface area (Å²) in [6, 6.07) is 6.65. The van der Waals surface area contributed by atoms with E-state index in [2.05, 4.69) is 15.3 Å². The number of benzene rings is 1. The third-order valence-electron chi connectivity index (χ3n) is 2.13. The standard InChI is InChI=1S/C12H14N2O5/c1-8(13-14-12(17)18-2)9-3-5-10(6-4-9)19-7-11(15)16/h3-6H,7H2,1-2H3,(H,14,17)(H,15,16)/b13-8-. The number of nitrogens with zero attached hydrogens (tertiary/aromatic N) is 1. The van der Waals surface area contributed by atoms with Crippen LogP contribution in [-0.2, 0) is 9.53 Å². The number of hydrazone groups is 1. The monoisotopic (exact) mass is 266 g/mol. The third-order valence-corrected chi connectivity index (χ3v) is 2.13. The molecule has 1 aromatic rings. The van der Waals surface area contributed by atoms with Crippen molar-refractivity contribution in [3.8, 4) is 5.75 Å². The molecule has 0 saturated carbocycles. The van der Waals surface area contributed by atoms with Crippen LogP contribution < -0.4 is 10.2 Å². The topological polar surface area (TPSA) is 97.2 Å². The number of ether oxygens (including phenoxy) is 2. The lowest BCUT2D eigenvalue weighted by Crippen LogP contribution is -2.18. The molecular formula is C12H14N2O5. The summed E-state index contributed by atoms with van der Waals surface area (Å²) in [7, 11) is 1.24. The normalized spacial score (nSPS) is 10.7. The van der Waals surface area contributed by atoms with Gasteiger partial charge >= 0.3 is 12.1 Å². The van der Waals surface area contributed by atoms with Crippen molar-refractivity contribution in [2.75, 3.05) is 13.7 Å². The SMILES string of the molecule is COC(=O)N/N=C(/C)c1ccc(OCC(=O)O)cc1. The average Bonchev–Trinajstić information content (AvgIpc) is 2.42. The van der Waals surface area contributed by atoms with Gasteiger partial charge < -0.3 is 14.6 Å².